The summed E-state index contributed by atoms with van der Waals surface area (Å²) in [5.74, 6) is -1.69. The van der Waals surface area contributed by atoms with E-state index in [1.54, 1.807) is 31.5 Å². The van der Waals surface area contributed by atoms with Gasteiger partial charge in [0.05, 0.1) is 45.5 Å². The van der Waals surface area contributed by atoms with Crippen molar-refractivity contribution in [3.05, 3.63) is 94.6 Å². The van der Waals surface area contributed by atoms with E-state index in [4.69, 9.17) is 9.97 Å². The lowest BCUT2D eigenvalue weighted by atomic mass is 9.73. The van der Waals surface area contributed by atoms with E-state index < -0.39 is 40.9 Å². The summed E-state index contributed by atoms with van der Waals surface area (Å²) < 4.78 is 18.0. The van der Waals surface area contributed by atoms with Gasteiger partial charge in [0.2, 0.25) is 23.6 Å². The highest BCUT2D eigenvalue weighted by Crippen LogP contribution is 2.53. The molecule has 1 saturated carbocycles. The van der Waals surface area contributed by atoms with Gasteiger partial charge in [-0.15, -0.1) is 0 Å². The van der Waals surface area contributed by atoms with Gasteiger partial charge in [0.25, 0.3) is 17.7 Å². The van der Waals surface area contributed by atoms with E-state index in [0.29, 0.717) is 95.8 Å². The van der Waals surface area contributed by atoms with Gasteiger partial charge >= 0.3 is 0 Å². The number of rotatable bonds is 14. The van der Waals surface area contributed by atoms with E-state index in [9.17, 15) is 28.8 Å². The zero-order valence-corrected chi connectivity index (χ0v) is 50.1. The maximum atomic E-state index is 16.0. The number of aryl methyl sites for hydroxylation is 1. The fraction of sp³-hybridized carbons (Fsp3) is 0.530. The van der Waals surface area contributed by atoms with E-state index in [1.807, 2.05) is 41.5 Å². The zero-order chi connectivity index (χ0) is 59.9. The van der Waals surface area contributed by atoms with Gasteiger partial charge in [0.15, 0.2) is 5.82 Å². The summed E-state index contributed by atoms with van der Waals surface area (Å²) in [6.07, 6.45) is 11.8. The first-order valence-electron chi connectivity index (χ1n) is 31.5. The van der Waals surface area contributed by atoms with Gasteiger partial charge in [-0.2, -0.15) is 0 Å². The number of likely N-dealkylation sites (tertiary alicyclic amines) is 3. The van der Waals surface area contributed by atoms with Crippen molar-refractivity contribution in [1.29, 1.82) is 0 Å². The Morgan fingerprint density at radius 1 is 0.802 bits per heavy atom. The van der Waals surface area contributed by atoms with Crippen molar-refractivity contribution in [2.24, 2.45) is 11.8 Å². The molecule has 19 nitrogen and oxygen atoms in total. The largest absolute Gasteiger partial charge is 0.371 e. The van der Waals surface area contributed by atoms with Crippen molar-refractivity contribution in [3.8, 4) is 11.3 Å². The molecule has 0 bridgehead atoms. The first-order valence-corrected chi connectivity index (χ1v) is 31.5. The number of carbonyl (C=O) groups is 7. The molecule has 1 aliphatic carbocycles. The quantitative estimate of drug-likeness (QED) is 0.0897. The Bertz CT molecular complexity index is 3580. The monoisotopic (exact) mass is 1170 g/mol. The summed E-state index contributed by atoms with van der Waals surface area (Å²) in [6.45, 7) is 16.8. The van der Waals surface area contributed by atoms with Crippen LogP contribution in [-0.4, -0.2) is 159 Å². The second-order valence-corrected chi connectivity index (χ2v) is 26.3. The molecule has 5 aromatic rings. The van der Waals surface area contributed by atoms with Crippen molar-refractivity contribution in [1.82, 2.24) is 44.8 Å². The van der Waals surface area contributed by atoms with E-state index >= 15 is 9.18 Å². The molecule has 1 spiro atoms. The van der Waals surface area contributed by atoms with Gasteiger partial charge in [0.1, 0.15) is 17.4 Å². The number of amides is 7. The smallest absolute Gasteiger partial charge is 0.264 e. The van der Waals surface area contributed by atoms with Crippen LogP contribution in [0.25, 0.3) is 22.3 Å². The minimum atomic E-state index is -1.02. The number of hydrogen-bond donors (Lipinski definition) is 3. The third-order valence-corrected chi connectivity index (χ3v) is 20.0. The Morgan fingerprint density at radius 3 is 2.35 bits per heavy atom. The Morgan fingerprint density at radius 2 is 1.59 bits per heavy atom. The van der Waals surface area contributed by atoms with Crippen LogP contribution in [0.15, 0.2) is 60.9 Å². The number of imidazole rings is 1. The third-order valence-electron chi connectivity index (χ3n) is 20.0. The topological polar surface area (TPSA) is 206 Å². The van der Waals surface area contributed by atoms with Crippen LogP contribution in [0.2, 0.25) is 0 Å². The highest BCUT2D eigenvalue weighted by atomic mass is 19.1. The van der Waals surface area contributed by atoms with Crippen LogP contribution < -0.4 is 25.8 Å². The molecular weight excluding hydrogens is 1090 g/mol. The molecule has 6 fully saturated rings. The van der Waals surface area contributed by atoms with E-state index in [-0.39, 0.29) is 65.9 Å². The maximum Gasteiger partial charge on any atom is 0.264 e. The fourth-order valence-corrected chi connectivity index (χ4v) is 15.4. The normalized spacial score (nSPS) is 24.3. The minimum absolute atomic E-state index is 0.0106. The molecular formula is C66H79FN12O7. The predicted molar refractivity (Wildman–Crippen MR) is 325 cm³/mol. The van der Waals surface area contributed by atoms with Crippen molar-refractivity contribution in [2.45, 2.75) is 154 Å². The molecule has 20 heteroatoms. The van der Waals surface area contributed by atoms with Gasteiger partial charge < -0.3 is 39.7 Å². The molecule has 7 aliphatic heterocycles. The number of benzene rings is 3. The lowest BCUT2D eigenvalue weighted by Gasteiger charge is -2.48. The summed E-state index contributed by atoms with van der Waals surface area (Å²) in [6, 6.07) is 15.8. The van der Waals surface area contributed by atoms with Gasteiger partial charge in [-0.3, -0.25) is 43.8 Å². The first kappa shape index (κ1) is 57.5. The SMILES string of the molecule is Cc1cc(F)c(Nc2nc(-c3ccc4c(c3)N([C@H]3C[C@@H](N5CCCCC5)C3)C(=O)C43CCN(C(=O)CC4CCCN(CC5CCN(c6cccc7c6C(=O)N(C6CCC(=O)NC6=O)C7=O)C5)C4)CC3)cc3ncn(C(C)C)c23)cc1C(=O)NC(C)C. The van der Waals surface area contributed by atoms with Crippen molar-refractivity contribution in [2.75, 3.05) is 74.0 Å². The molecule has 9 heterocycles. The Labute approximate surface area is 501 Å². The Balaban J connectivity index is 0.700. The number of fused-ring (bicyclic) bond motifs is 4. The summed E-state index contributed by atoms with van der Waals surface area (Å²) in [7, 11) is 0. The molecule has 3 aromatic carbocycles. The van der Waals surface area contributed by atoms with Crippen LogP contribution in [0.3, 0.4) is 0 Å². The minimum Gasteiger partial charge on any atom is -0.371 e. The number of aromatic nitrogens is 3. The first-order chi connectivity index (χ1) is 41.4. The molecule has 86 heavy (non-hydrogen) atoms. The molecule has 2 aromatic heterocycles. The standard InChI is InChI=1S/C66H79FN12O7/c1-38(2)69-61(82)47-32-51(49(67)27-40(47)5)71-60-59-52(68-37-77(59)39(3)4)33-50(70-60)43-14-15-48-55(29-43)78(45-30-44(31-45)74-22-7-6-8-23-74)65(86)66(48)19-25-75(26-20-66)57(81)28-41-11-10-21-73(34-41)35-42-18-24-76(36-42)53-13-9-12-46-58(53)64(85)79(63(46)84)54-16-17-56(80)72-62(54)83/h9,12-15,27,29,32-33,37-39,41-42,44-45,54H,6-8,10-11,16-26,28,30-31,34-36H2,1-5H3,(H,69,82)(H,70,71)(H,72,80,83)/t41?,42?,44-,45+,54?. The second kappa shape index (κ2) is 22.9. The van der Waals surface area contributed by atoms with Crippen LogP contribution in [0.4, 0.5) is 27.3 Å². The number of halogens is 1. The number of hydrogen-bond acceptors (Lipinski definition) is 13. The summed E-state index contributed by atoms with van der Waals surface area (Å²) in [4.78, 5) is 118. The average molecular weight is 1170 g/mol. The van der Waals surface area contributed by atoms with Crippen LogP contribution in [0.5, 0.6) is 0 Å². The van der Waals surface area contributed by atoms with E-state index in [2.05, 4.69) is 61.5 Å². The second-order valence-electron chi connectivity index (χ2n) is 26.3. The molecule has 13 rings (SSSR count). The van der Waals surface area contributed by atoms with Crippen LogP contribution in [-0.2, 0) is 24.6 Å². The molecule has 5 saturated heterocycles. The molecule has 3 unspecified atom stereocenters. The van der Waals surface area contributed by atoms with Crippen LogP contribution >= 0.6 is 0 Å². The predicted octanol–water partition coefficient (Wildman–Crippen LogP) is 8.26. The molecule has 452 valence electrons. The van der Waals surface area contributed by atoms with Gasteiger partial charge in [-0.1, -0.05) is 24.6 Å². The molecule has 3 N–H and O–H groups in total. The average Bonchev–Trinajstić information content (AvgIpc) is 2.42. The van der Waals surface area contributed by atoms with E-state index in [0.717, 1.165) is 93.1 Å². The number of nitrogens with one attached hydrogen (secondary N) is 3. The number of pyridine rings is 1. The highest BCUT2D eigenvalue weighted by molar-refractivity contribution is 6.25. The summed E-state index contributed by atoms with van der Waals surface area (Å²) in [5.41, 5.74) is 6.17. The number of piperidine rings is 4. The van der Waals surface area contributed by atoms with E-state index in [1.165, 1.54) is 25.3 Å². The summed E-state index contributed by atoms with van der Waals surface area (Å²) >= 11 is 0. The van der Waals surface area contributed by atoms with Gasteiger partial charge in [-0.25, -0.2) is 14.4 Å². The van der Waals surface area contributed by atoms with Crippen LogP contribution in [0, 0.1) is 24.6 Å². The van der Waals surface area contributed by atoms with Crippen molar-refractivity contribution in [3.63, 3.8) is 0 Å². The Hall–Kier alpha value is -7.58. The third kappa shape index (κ3) is 10.4. The lowest BCUT2D eigenvalue weighted by Crippen LogP contribution is -2.58. The fourth-order valence-electron chi connectivity index (χ4n) is 15.4. The highest BCUT2D eigenvalue weighted by Gasteiger charge is 2.56. The summed E-state index contributed by atoms with van der Waals surface area (Å²) in [5, 5.41) is 8.50. The number of nitrogens with zero attached hydrogens (tertiary/aromatic N) is 9. The molecule has 0 radical (unpaired) electrons. The zero-order valence-electron chi connectivity index (χ0n) is 50.1. The number of imide groups is 2. The number of carbonyl (C=O) groups excluding carboxylic acids is 7. The lowest BCUT2D eigenvalue weighted by molar-refractivity contribution is -0.137. The molecule has 8 aliphatic rings. The Kier molecular flexibility index (Phi) is 15.3. The maximum absolute atomic E-state index is 16.0. The van der Waals surface area contributed by atoms with Crippen molar-refractivity contribution >= 4 is 75.3 Å². The molecule has 3 atom stereocenters. The molecule has 7 amide bonds. The van der Waals surface area contributed by atoms with Gasteiger partial charge in [0, 0.05) is 93.1 Å². The number of anilines is 4. The van der Waals surface area contributed by atoms with Gasteiger partial charge in [-0.05, 0) is 178 Å². The van der Waals surface area contributed by atoms with Crippen LogP contribution in [0.1, 0.15) is 159 Å². The van der Waals surface area contributed by atoms with Crippen molar-refractivity contribution < 1.29 is 38.0 Å².